The van der Waals surface area contributed by atoms with Gasteiger partial charge in [-0.1, -0.05) is 41.4 Å². The van der Waals surface area contributed by atoms with Crippen molar-refractivity contribution in [3.05, 3.63) is 34.3 Å². The molecule has 4 heteroatoms. The molecule has 0 spiro atoms. The highest BCUT2D eigenvalue weighted by Crippen LogP contribution is 2.17. The van der Waals surface area contributed by atoms with E-state index in [2.05, 4.69) is 28.2 Å². The highest BCUT2D eigenvalue weighted by molar-refractivity contribution is 9.10. The average Bonchev–Trinajstić information content (AvgIpc) is 2.36. The molecule has 100 valence electrons. The van der Waals surface area contributed by atoms with Crippen LogP contribution in [-0.4, -0.2) is 19.1 Å². The standard InChI is InChI=1S/C14H20BrNO2/c1-3-4-8-18-14(17)10-16-11(2)12-6-5-7-13(15)9-12/h5-7,9,11,16H,3-4,8,10H2,1-2H3/t11-/m1/s1. The molecule has 0 amide bonds. The first-order valence-electron chi connectivity index (χ1n) is 6.28. The Morgan fingerprint density at radius 3 is 2.94 bits per heavy atom. The van der Waals surface area contributed by atoms with E-state index in [1.165, 1.54) is 0 Å². The molecule has 1 rings (SSSR count). The lowest BCUT2D eigenvalue weighted by molar-refractivity contribution is -0.142. The Morgan fingerprint density at radius 1 is 1.50 bits per heavy atom. The van der Waals surface area contributed by atoms with Crippen LogP contribution >= 0.6 is 15.9 Å². The van der Waals surface area contributed by atoms with Gasteiger partial charge >= 0.3 is 5.97 Å². The van der Waals surface area contributed by atoms with Gasteiger partial charge in [-0.3, -0.25) is 4.79 Å². The number of carbonyl (C=O) groups is 1. The van der Waals surface area contributed by atoms with Crippen molar-refractivity contribution in [2.24, 2.45) is 0 Å². The molecule has 0 radical (unpaired) electrons. The molecule has 0 unspecified atom stereocenters. The van der Waals surface area contributed by atoms with Gasteiger partial charge in [0.25, 0.3) is 0 Å². The second-order valence-electron chi connectivity index (χ2n) is 4.23. The van der Waals surface area contributed by atoms with Gasteiger partial charge in [0, 0.05) is 10.5 Å². The number of rotatable bonds is 7. The summed E-state index contributed by atoms with van der Waals surface area (Å²) in [4.78, 5) is 11.4. The summed E-state index contributed by atoms with van der Waals surface area (Å²) < 4.78 is 6.12. The Hall–Kier alpha value is -0.870. The summed E-state index contributed by atoms with van der Waals surface area (Å²) in [6, 6.07) is 8.17. The summed E-state index contributed by atoms with van der Waals surface area (Å²) in [6.45, 7) is 4.86. The van der Waals surface area contributed by atoms with Crippen molar-refractivity contribution in [3.63, 3.8) is 0 Å². The van der Waals surface area contributed by atoms with Gasteiger partial charge in [-0.05, 0) is 31.0 Å². The van der Waals surface area contributed by atoms with Crippen LogP contribution < -0.4 is 5.32 Å². The number of esters is 1. The third-order valence-electron chi connectivity index (χ3n) is 2.66. The van der Waals surface area contributed by atoms with Crippen molar-refractivity contribution in [1.29, 1.82) is 0 Å². The molecule has 0 fully saturated rings. The minimum Gasteiger partial charge on any atom is -0.465 e. The molecule has 0 aromatic heterocycles. The summed E-state index contributed by atoms with van der Waals surface area (Å²) in [7, 11) is 0. The van der Waals surface area contributed by atoms with Gasteiger partial charge in [0.15, 0.2) is 0 Å². The first-order valence-corrected chi connectivity index (χ1v) is 7.07. The number of nitrogens with one attached hydrogen (secondary N) is 1. The van der Waals surface area contributed by atoms with Gasteiger partial charge in [-0.15, -0.1) is 0 Å². The zero-order chi connectivity index (χ0) is 13.4. The zero-order valence-electron chi connectivity index (χ0n) is 10.9. The van der Waals surface area contributed by atoms with Crippen molar-refractivity contribution in [3.8, 4) is 0 Å². The zero-order valence-corrected chi connectivity index (χ0v) is 12.5. The van der Waals surface area contributed by atoms with Crippen LogP contribution in [0.15, 0.2) is 28.7 Å². The molecule has 1 atom stereocenters. The Balaban J connectivity index is 2.32. The van der Waals surface area contributed by atoms with Gasteiger partial charge in [0.1, 0.15) is 0 Å². The topological polar surface area (TPSA) is 38.3 Å². The Kier molecular flexibility index (Phi) is 6.98. The van der Waals surface area contributed by atoms with E-state index < -0.39 is 0 Å². The monoisotopic (exact) mass is 313 g/mol. The molecule has 0 saturated carbocycles. The van der Waals surface area contributed by atoms with Crippen molar-refractivity contribution < 1.29 is 9.53 Å². The Bertz CT molecular complexity index is 382. The summed E-state index contributed by atoms with van der Waals surface area (Å²) in [5, 5.41) is 3.16. The van der Waals surface area contributed by atoms with Gasteiger partial charge in [-0.2, -0.15) is 0 Å². The first-order chi connectivity index (χ1) is 8.63. The van der Waals surface area contributed by atoms with Gasteiger partial charge in [-0.25, -0.2) is 0 Å². The number of hydrogen-bond acceptors (Lipinski definition) is 3. The fourth-order valence-corrected chi connectivity index (χ4v) is 1.93. The maximum absolute atomic E-state index is 11.4. The van der Waals surface area contributed by atoms with Crippen molar-refractivity contribution in [2.45, 2.75) is 32.7 Å². The summed E-state index contributed by atoms with van der Waals surface area (Å²) in [5.74, 6) is -0.190. The third kappa shape index (κ3) is 5.65. The van der Waals surface area contributed by atoms with E-state index in [-0.39, 0.29) is 18.6 Å². The van der Waals surface area contributed by atoms with Gasteiger partial charge < -0.3 is 10.1 Å². The predicted octanol–water partition coefficient (Wildman–Crippen LogP) is 3.44. The first kappa shape index (κ1) is 15.2. The Labute approximate surface area is 117 Å². The molecule has 0 aliphatic heterocycles. The number of halogens is 1. The van der Waals surface area contributed by atoms with E-state index in [1.807, 2.05) is 31.2 Å². The number of ether oxygens (including phenoxy) is 1. The van der Waals surface area contributed by atoms with Crippen molar-refractivity contribution in [2.75, 3.05) is 13.2 Å². The lowest BCUT2D eigenvalue weighted by Crippen LogP contribution is -2.27. The van der Waals surface area contributed by atoms with E-state index in [9.17, 15) is 4.79 Å². The summed E-state index contributed by atoms with van der Waals surface area (Å²) in [5.41, 5.74) is 1.14. The minimum atomic E-state index is -0.190. The average molecular weight is 314 g/mol. The van der Waals surface area contributed by atoms with Crippen LogP contribution in [0.3, 0.4) is 0 Å². The van der Waals surface area contributed by atoms with Crippen LogP contribution in [-0.2, 0) is 9.53 Å². The van der Waals surface area contributed by atoms with Crippen LogP contribution in [0.25, 0.3) is 0 Å². The molecule has 0 saturated heterocycles. The van der Waals surface area contributed by atoms with E-state index in [4.69, 9.17) is 4.74 Å². The maximum Gasteiger partial charge on any atom is 0.319 e. The molecule has 0 aliphatic carbocycles. The second-order valence-corrected chi connectivity index (χ2v) is 5.15. The lowest BCUT2D eigenvalue weighted by atomic mass is 10.1. The van der Waals surface area contributed by atoms with Crippen molar-refractivity contribution >= 4 is 21.9 Å². The molecular formula is C14H20BrNO2. The molecule has 1 aromatic rings. The summed E-state index contributed by atoms with van der Waals surface area (Å²) >= 11 is 3.43. The fraction of sp³-hybridized carbons (Fsp3) is 0.500. The predicted molar refractivity (Wildman–Crippen MR) is 76.4 cm³/mol. The van der Waals surface area contributed by atoms with Crippen LogP contribution in [0, 0.1) is 0 Å². The fourth-order valence-electron chi connectivity index (χ4n) is 1.51. The van der Waals surface area contributed by atoms with Crippen molar-refractivity contribution in [1.82, 2.24) is 5.32 Å². The van der Waals surface area contributed by atoms with Crippen LogP contribution in [0.4, 0.5) is 0 Å². The summed E-state index contributed by atoms with van der Waals surface area (Å²) in [6.07, 6.45) is 1.96. The largest absolute Gasteiger partial charge is 0.465 e. The van der Waals surface area contributed by atoms with Crippen LogP contribution in [0.5, 0.6) is 0 Å². The van der Waals surface area contributed by atoms with Gasteiger partial charge in [0.05, 0.1) is 13.2 Å². The van der Waals surface area contributed by atoms with Crippen LogP contribution in [0.2, 0.25) is 0 Å². The molecule has 1 aromatic carbocycles. The smallest absolute Gasteiger partial charge is 0.319 e. The number of carbonyl (C=O) groups excluding carboxylic acids is 1. The highest BCUT2D eigenvalue weighted by Gasteiger charge is 2.08. The quantitative estimate of drug-likeness (QED) is 0.619. The normalized spacial score (nSPS) is 12.2. The molecule has 1 N–H and O–H groups in total. The van der Waals surface area contributed by atoms with E-state index >= 15 is 0 Å². The molecule has 18 heavy (non-hydrogen) atoms. The third-order valence-corrected chi connectivity index (χ3v) is 3.16. The number of unbranched alkanes of at least 4 members (excludes halogenated alkanes) is 1. The van der Waals surface area contributed by atoms with E-state index in [1.54, 1.807) is 0 Å². The molecule has 0 aliphatic rings. The second kappa shape index (κ2) is 8.27. The molecule has 3 nitrogen and oxygen atoms in total. The lowest BCUT2D eigenvalue weighted by Gasteiger charge is -2.14. The van der Waals surface area contributed by atoms with Crippen LogP contribution in [0.1, 0.15) is 38.3 Å². The molecule has 0 bridgehead atoms. The SMILES string of the molecule is CCCCOC(=O)CN[C@H](C)c1cccc(Br)c1. The van der Waals surface area contributed by atoms with E-state index in [0.29, 0.717) is 6.61 Å². The van der Waals surface area contributed by atoms with E-state index in [0.717, 1.165) is 22.9 Å². The number of benzene rings is 1. The highest BCUT2D eigenvalue weighted by atomic mass is 79.9. The molecular weight excluding hydrogens is 294 g/mol. The molecule has 0 heterocycles. The van der Waals surface area contributed by atoms with Gasteiger partial charge in [0.2, 0.25) is 0 Å². The Morgan fingerprint density at radius 2 is 2.28 bits per heavy atom. The minimum absolute atomic E-state index is 0.126. The maximum atomic E-state index is 11.4. The number of hydrogen-bond donors (Lipinski definition) is 1.